The van der Waals surface area contributed by atoms with Crippen LogP contribution in [-0.4, -0.2) is 16.6 Å². The van der Waals surface area contributed by atoms with Crippen LogP contribution in [0, 0.1) is 6.92 Å². The monoisotopic (exact) mass is 256 g/mol. The van der Waals surface area contributed by atoms with Crippen LogP contribution >= 0.6 is 0 Å². The molecule has 1 aromatic heterocycles. The van der Waals surface area contributed by atoms with Crippen molar-refractivity contribution < 1.29 is 5.11 Å². The Bertz CT molecular complexity index is 535. The van der Waals surface area contributed by atoms with Crippen molar-refractivity contribution in [1.82, 2.24) is 4.98 Å². The predicted octanol–water partition coefficient (Wildman–Crippen LogP) is 3.60. The molecule has 0 saturated heterocycles. The van der Waals surface area contributed by atoms with Gasteiger partial charge in [-0.15, -0.1) is 0 Å². The average Bonchev–Trinajstić information content (AvgIpc) is 2.42. The highest BCUT2D eigenvalue weighted by Gasteiger charge is 2.15. The maximum Gasteiger partial charge on any atom is 0.138 e. The van der Waals surface area contributed by atoms with Crippen molar-refractivity contribution in [3.8, 4) is 0 Å². The topological polar surface area (TPSA) is 36.4 Å². The third-order valence-corrected chi connectivity index (χ3v) is 3.18. The van der Waals surface area contributed by atoms with Crippen molar-refractivity contribution in [2.75, 3.05) is 11.4 Å². The number of anilines is 2. The van der Waals surface area contributed by atoms with Gasteiger partial charge in [-0.05, 0) is 39.0 Å². The summed E-state index contributed by atoms with van der Waals surface area (Å²) >= 11 is 0. The first kappa shape index (κ1) is 13.6. The molecule has 0 aliphatic heterocycles. The SMILES string of the molecule is CCN(c1ccc(C)cc1)c1ncccc1[C@H](C)O. The van der Waals surface area contributed by atoms with Crippen LogP contribution in [-0.2, 0) is 0 Å². The zero-order valence-electron chi connectivity index (χ0n) is 11.7. The maximum atomic E-state index is 9.87. The van der Waals surface area contributed by atoms with E-state index >= 15 is 0 Å². The molecule has 0 bridgehead atoms. The molecule has 3 heteroatoms. The van der Waals surface area contributed by atoms with E-state index in [-0.39, 0.29) is 0 Å². The fourth-order valence-corrected chi connectivity index (χ4v) is 2.14. The fraction of sp³-hybridized carbons (Fsp3) is 0.312. The number of aliphatic hydroxyl groups is 1. The highest BCUT2D eigenvalue weighted by Crippen LogP contribution is 2.29. The Labute approximate surface area is 114 Å². The molecule has 2 aromatic rings. The largest absolute Gasteiger partial charge is 0.389 e. The molecule has 3 nitrogen and oxygen atoms in total. The average molecular weight is 256 g/mol. The van der Waals surface area contributed by atoms with Gasteiger partial charge in [-0.25, -0.2) is 4.98 Å². The first-order valence-corrected chi connectivity index (χ1v) is 6.60. The molecule has 0 fully saturated rings. The quantitative estimate of drug-likeness (QED) is 0.908. The summed E-state index contributed by atoms with van der Waals surface area (Å²) < 4.78 is 0. The first-order valence-electron chi connectivity index (χ1n) is 6.60. The molecular weight excluding hydrogens is 236 g/mol. The summed E-state index contributed by atoms with van der Waals surface area (Å²) in [5.74, 6) is 0.823. The van der Waals surface area contributed by atoms with Gasteiger partial charge >= 0.3 is 0 Å². The molecule has 1 atom stereocenters. The Balaban J connectivity index is 2.45. The van der Waals surface area contributed by atoms with E-state index in [1.807, 2.05) is 12.1 Å². The van der Waals surface area contributed by atoms with Crippen LogP contribution in [0.5, 0.6) is 0 Å². The molecule has 0 spiro atoms. The maximum absolute atomic E-state index is 9.87. The minimum absolute atomic E-state index is 0.525. The summed E-state index contributed by atoms with van der Waals surface area (Å²) in [5, 5.41) is 9.87. The lowest BCUT2D eigenvalue weighted by Gasteiger charge is -2.25. The number of rotatable bonds is 4. The lowest BCUT2D eigenvalue weighted by atomic mass is 10.1. The molecule has 0 aliphatic carbocycles. The van der Waals surface area contributed by atoms with Crippen molar-refractivity contribution in [2.45, 2.75) is 26.9 Å². The normalized spacial score (nSPS) is 12.2. The summed E-state index contributed by atoms with van der Waals surface area (Å²) in [6, 6.07) is 12.1. The van der Waals surface area contributed by atoms with E-state index in [2.05, 4.69) is 48.0 Å². The molecule has 19 heavy (non-hydrogen) atoms. The summed E-state index contributed by atoms with van der Waals surface area (Å²) in [4.78, 5) is 6.55. The van der Waals surface area contributed by atoms with Gasteiger partial charge in [-0.1, -0.05) is 23.8 Å². The number of nitrogens with zero attached hydrogens (tertiary/aromatic N) is 2. The molecule has 0 amide bonds. The van der Waals surface area contributed by atoms with Crippen LogP contribution in [0.25, 0.3) is 0 Å². The lowest BCUT2D eigenvalue weighted by Crippen LogP contribution is -2.19. The summed E-state index contributed by atoms with van der Waals surface area (Å²) in [5.41, 5.74) is 3.18. The molecule has 100 valence electrons. The molecule has 1 aromatic carbocycles. The Kier molecular flexibility index (Phi) is 4.17. The van der Waals surface area contributed by atoms with Crippen molar-refractivity contribution in [3.05, 3.63) is 53.7 Å². The summed E-state index contributed by atoms with van der Waals surface area (Å²) in [7, 11) is 0. The van der Waals surface area contributed by atoms with E-state index < -0.39 is 6.10 Å². The molecular formula is C16H20N2O. The number of aromatic nitrogens is 1. The van der Waals surface area contributed by atoms with Gasteiger partial charge < -0.3 is 10.0 Å². The van der Waals surface area contributed by atoms with Gasteiger partial charge in [0.25, 0.3) is 0 Å². The van der Waals surface area contributed by atoms with Crippen molar-refractivity contribution in [2.24, 2.45) is 0 Å². The van der Waals surface area contributed by atoms with E-state index in [1.54, 1.807) is 13.1 Å². The fourth-order valence-electron chi connectivity index (χ4n) is 2.14. The number of pyridine rings is 1. The highest BCUT2D eigenvalue weighted by molar-refractivity contribution is 5.63. The van der Waals surface area contributed by atoms with Crippen LogP contribution in [0.1, 0.15) is 31.1 Å². The van der Waals surface area contributed by atoms with Crippen molar-refractivity contribution >= 4 is 11.5 Å². The molecule has 1 N–H and O–H groups in total. The lowest BCUT2D eigenvalue weighted by molar-refractivity contribution is 0.199. The smallest absolute Gasteiger partial charge is 0.138 e. The first-order chi connectivity index (χ1) is 9.13. The standard InChI is InChI=1S/C16H20N2O/c1-4-18(14-9-7-12(2)8-10-14)16-15(13(3)19)6-5-11-17-16/h5-11,13,19H,4H2,1-3H3/t13-/m0/s1. The van der Waals surface area contributed by atoms with E-state index in [9.17, 15) is 5.11 Å². The van der Waals surface area contributed by atoms with Crippen molar-refractivity contribution in [1.29, 1.82) is 0 Å². The number of aryl methyl sites for hydroxylation is 1. The second kappa shape index (κ2) is 5.85. The van der Waals surface area contributed by atoms with E-state index in [4.69, 9.17) is 0 Å². The minimum Gasteiger partial charge on any atom is -0.389 e. The number of benzene rings is 1. The summed E-state index contributed by atoms with van der Waals surface area (Å²) in [6.07, 6.45) is 1.24. The van der Waals surface area contributed by atoms with Crippen LogP contribution < -0.4 is 4.90 Å². The summed E-state index contributed by atoms with van der Waals surface area (Å²) in [6.45, 7) is 6.73. The number of hydrogen-bond acceptors (Lipinski definition) is 3. The minimum atomic E-state index is -0.525. The Morgan fingerprint density at radius 1 is 1.21 bits per heavy atom. The van der Waals surface area contributed by atoms with Gasteiger partial charge in [-0.2, -0.15) is 0 Å². The zero-order valence-corrected chi connectivity index (χ0v) is 11.7. The molecule has 0 aliphatic rings. The van der Waals surface area contributed by atoms with Crippen LogP contribution in [0.15, 0.2) is 42.6 Å². The predicted molar refractivity (Wildman–Crippen MR) is 78.7 cm³/mol. The highest BCUT2D eigenvalue weighted by atomic mass is 16.3. The molecule has 0 unspecified atom stereocenters. The molecule has 0 saturated carbocycles. The Hall–Kier alpha value is -1.87. The van der Waals surface area contributed by atoms with Gasteiger partial charge in [0.1, 0.15) is 5.82 Å². The van der Waals surface area contributed by atoms with Gasteiger partial charge in [-0.3, -0.25) is 0 Å². The molecule has 0 radical (unpaired) electrons. The zero-order chi connectivity index (χ0) is 13.8. The van der Waals surface area contributed by atoms with E-state index in [0.29, 0.717) is 0 Å². The van der Waals surface area contributed by atoms with Gasteiger partial charge in [0.15, 0.2) is 0 Å². The van der Waals surface area contributed by atoms with Gasteiger partial charge in [0.2, 0.25) is 0 Å². The van der Waals surface area contributed by atoms with Gasteiger partial charge in [0.05, 0.1) is 6.10 Å². The van der Waals surface area contributed by atoms with Crippen LogP contribution in [0.3, 0.4) is 0 Å². The van der Waals surface area contributed by atoms with Crippen molar-refractivity contribution in [3.63, 3.8) is 0 Å². The number of hydrogen-bond donors (Lipinski definition) is 1. The van der Waals surface area contributed by atoms with Crippen LogP contribution in [0.4, 0.5) is 11.5 Å². The molecule has 1 heterocycles. The second-order valence-corrected chi connectivity index (χ2v) is 4.67. The number of aliphatic hydroxyl groups excluding tert-OH is 1. The second-order valence-electron chi connectivity index (χ2n) is 4.67. The third kappa shape index (κ3) is 2.93. The Morgan fingerprint density at radius 3 is 2.47 bits per heavy atom. The van der Waals surface area contributed by atoms with E-state index in [1.165, 1.54) is 5.56 Å². The Morgan fingerprint density at radius 2 is 1.89 bits per heavy atom. The van der Waals surface area contributed by atoms with E-state index in [0.717, 1.165) is 23.6 Å². The third-order valence-electron chi connectivity index (χ3n) is 3.18. The molecule has 2 rings (SSSR count). The van der Waals surface area contributed by atoms with Crippen LogP contribution in [0.2, 0.25) is 0 Å². The van der Waals surface area contributed by atoms with Gasteiger partial charge in [0, 0.05) is 24.0 Å².